The second kappa shape index (κ2) is 4.50. The van der Waals surface area contributed by atoms with Crippen molar-refractivity contribution in [1.29, 1.82) is 0 Å². The van der Waals surface area contributed by atoms with Crippen LogP contribution < -0.4 is 10.6 Å². The first kappa shape index (κ1) is 11.5. The summed E-state index contributed by atoms with van der Waals surface area (Å²) in [5, 5.41) is 0. The second-order valence-corrected chi connectivity index (χ2v) is 4.53. The smallest absolute Gasteiger partial charge is 0.0393 e. The lowest BCUT2D eigenvalue weighted by atomic mass is 10.0. The van der Waals surface area contributed by atoms with Crippen molar-refractivity contribution in [3.63, 3.8) is 0 Å². The van der Waals surface area contributed by atoms with Crippen LogP contribution in [-0.2, 0) is 0 Å². The first-order valence-corrected chi connectivity index (χ1v) is 5.72. The van der Waals surface area contributed by atoms with Crippen LogP contribution in [0.5, 0.6) is 0 Å². The number of nitrogen functional groups attached to an aromatic ring is 1. The van der Waals surface area contributed by atoms with Gasteiger partial charge in [0.05, 0.1) is 0 Å². The molecule has 0 aliphatic carbocycles. The van der Waals surface area contributed by atoms with Gasteiger partial charge in [-0.3, -0.25) is 0 Å². The van der Waals surface area contributed by atoms with Gasteiger partial charge in [0.2, 0.25) is 0 Å². The zero-order valence-corrected chi connectivity index (χ0v) is 10.6. The summed E-state index contributed by atoms with van der Waals surface area (Å²) in [5.41, 5.74) is 11.5. The van der Waals surface area contributed by atoms with Gasteiger partial charge in [0.25, 0.3) is 0 Å². The van der Waals surface area contributed by atoms with Gasteiger partial charge in [-0.2, -0.15) is 0 Å². The molecule has 0 aromatic heterocycles. The summed E-state index contributed by atoms with van der Waals surface area (Å²) < 4.78 is 0. The summed E-state index contributed by atoms with van der Waals surface area (Å²) in [7, 11) is 4.08. The Bertz CT molecular complexity index is 513. The molecule has 0 aliphatic rings. The Morgan fingerprint density at radius 1 is 0.941 bits per heavy atom. The number of nitrogens with zero attached hydrogens (tertiary/aromatic N) is 1. The number of hydrogen-bond acceptors (Lipinski definition) is 2. The van der Waals surface area contributed by atoms with Crippen molar-refractivity contribution in [3.8, 4) is 11.1 Å². The fourth-order valence-electron chi connectivity index (χ4n) is 1.86. The van der Waals surface area contributed by atoms with Crippen LogP contribution in [0.3, 0.4) is 0 Å². The van der Waals surface area contributed by atoms with Gasteiger partial charge in [-0.15, -0.1) is 0 Å². The minimum atomic E-state index is 0.827. The topological polar surface area (TPSA) is 29.3 Å². The zero-order valence-electron chi connectivity index (χ0n) is 10.6. The van der Waals surface area contributed by atoms with Crippen molar-refractivity contribution < 1.29 is 0 Å². The first-order valence-electron chi connectivity index (χ1n) is 5.72. The summed E-state index contributed by atoms with van der Waals surface area (Å²) in [4.78, 5) is 2.09. The maximum absolute atomic E-state index is 6.01. The molecule has 0 fully saturated rings. The normalized spacial score (nSPS) is 10.3. The average Bonchev–Trinajstić information content (AvgIpc) is 2.32. The molecule has 17 heavy (non-hydrogen) atoms. The Labute approximate surface area is 103 Å². The Hall–Kier alpha value is -1.96. The third-order valence-electron chi connectivity index (χ3n) is 2.90. The van der Waals surface area contributed by atoms with Gasteiger partial charge in [0.15, 0.2) is 0 Å². The van der Waals surface area contributed by atoms with E-state index in [1.54, 1.807) is 0 Å². The van der Waals surface area contributed by atoms with Gasteiger partial charge in [0.1, 0.15) is 0 Å². The highest BCUT2D eigenvalue weighted by Gasteiger charge is 2.03. The molecule has 2 N–H and O–H groups in total. The molecule has 2 rings (SSSR count). The van der Waals surface area contributed by atoms with Crippen LogP contribution in [-0.4, -0.2) is 14.1 Å². The molecule has 2 heteroatoms. The van der Waals surface area contributed by atoms with E-state index in [1.807, 2.05) is 26.2 Å². The molecule has 0 spiro atoms. The largest absolute Gasteiger partial charge is 0.398 e. The molecule has 88 valence electrons. The Balaban J connectivity index is 2.43. The van der Waals surface area contributed by atoms with Gasteiger partial charge in [-0.1, -0.05) is 23.8 Å². The quantitative estimate of drug-likeness (QED) is 0.796. The molecule has 2 aromatic carbocycles. The Morgan fingerprint density at radius 2 is 1.59 bits per heavy atom. The van der Waals surface area contributed by atoms with Crippen LogP contribution in [0.2, 0.25) is 0 Å². The number of rotatable bonds is 2. The van der Waals surface area contributed by atoms with Crippen molar-refractivity contribution >= 4 is 11.4 Å². The molecule has 2 aromatic rings. The van der Waals surface area contributed by atoms with Crippen molar-refractivity contribution in [3.05, 3.63) is 48.0 Å². The van der Waals surface area contributed by atoms with E-state index in [2.05, 4.69) is 42.2 Å². The van der Waals surface area contributed by atoms with Crippen LogP contribution >= 0.6 is 0 Å². The molecule has 0 bridgehead atoms. The fourth-order valence-corrected chi connectivity index (χ4v) is 1.86. The average molecular weight is 226 g/mol. The van der Waals surface area contributed by atoms with Crippen LogP contribution in [0, 0.1) is 6.92 Å². The molecule has 0 atom stereocenters. The summed E-state index contributed by atoms with van der Waals surface area (Å²) >= 11 is 0. The summed E-state index contributed by atoms with van der Waals surface area (Å²) in [6.07, 6.45) is 0. The molecule has 0 unspecified atom stereocenters. The highest BCUT2D eigenvalue weighted by molar-refractivity contribution is 5.77. The predicted octanol–water partition coefficient (Wildman–Crippen LogP) is 3.31. The highest BCUT2D eigenvalue weighted by atomic mass is 15.1. The molecule has 0 radical (unpaired) electrons. The Kier molecular flexibility index (Phi) is 3.05. The van der Waals surface area contributed by atoms with E-state index >= 15 is 0 Å². The van der Waals surface area contributed by atoms with Gasteiger partial charge < -0.3 is 10.6 Å². The van der Waals surface area contributed by atoms with E-state index in [0.29, 0.717) is 0 Å². The molecule has 2 nitrogen and oxygen atoms in total. The van der Waals surface area contributed by atoms with Crippen molar-refractivity contribution in [2.24, 2.45) is 0 Å². The van der Waals surface area contributed by atoms with Crippen molar-refractivity contribution in [2.75, 3.05) is 24.7 Å². The first-order chi connectivity index (χ1) is 8.08. The number of hydrogen-bond donors (Lipinski definition) is 1. The summed E-state index contributed by atoms with van der Waals surface area (Å²) in [5.74, 6) is 0. The molecular formula is C15H18N2. The summed E-state index contributed by atoms with van der Waals surface area (Å²) in [6.45, 7) is 2.08. The van der Waals surface area contributed by atoms with Crippen LogP contribution in [0.4, 0.5) is 11.4 Å². The van der Waals surface area contributed by atoms with Crippen LogP contribution in [0.25, 0.3) is 11.1 Å². The molecular weight excluding hydrogens is 208 g/mol. The van der Waals surface area contributed by atoms with Crippen molar-refractivity contribution in [1.82, 2.24) is 0 Å². The van der Waals surface area contributed by atoms with E-state index in [9.17, 15) is 0 Å². The minimum Gasteiger partial charge on any atom is -0.398 e. The van der Waals surface area contributed by atoms with Gasteiger partial charge in [0, 0.05) is 31.0 Å². The van der Waals surface area contributed by atoms with Gasteiger partial charge in [-0.05, 0) is 36.8 Å². The molecule has 0 saturated heterocycles. The number of aryl methyl sites for hydroxylation is 1. The maximum Gasteiger partial charge on any atom is 0.0393 e. The Morgan fingerprint density at radius 3 is 2.18 bits per heavy atom. The third-order valence-corrected chi connectivity index (χ3v) is 2.90. The highest BCUT2D eigenvalue weighted by Crippen LogP contribution is 2.28. The predicted molar refractivity (Wildman–Crippen MR) is 75.4 cm³/mol. The lowest BCUT2D eigenvalue weighted by molar-refractivity contribution is 1.13. The number of benzene rings is 2. The zero-order chi connectivity index (χ0) is 12.4. The van der Waals surface area contributed by atoms with E-state index in [4.69, 9.17) is 5.73 Å². The lowest BCUT2D eigenvalue weighted by Gasteiger charge is -2.13. The van der Waals surface area contributed by atoms with Gasteiger partial charge >= 0.3 is 0 Å². The van der Waals surface area contributed by atoms with Crippen LogP contribution in [0.15, 0.2) is 42.5 Å². The standard InChI is InChI=1S/C15H18N2/c1-11-4-9-15(16)14(10-11)12-5-7-13(8-6-12)17(2)3/h4-10H,16H2,1-3H3. The van der Waals surface area contributed by atoms with Crippen molar-refractivity contribution in [2.45, 2.75) is 6.92 Å². The number of anilines is 2. The SMILES string of the molecule is Cc1ccc(N)c(-c2ccc(N(C)C)cc2)c1. The lowest BCUT2D eigenvalue weighted by Crippen LogP contribution is -2.07. The van der Waals surface area contributed by atoms with Gasteiger partial charge in [-0.25, -0.2) is 0 Å². The third kappa shape index (κ3) is 2.41. The molecule has 0 heterocycles. The second-order valence-electron chi connectivity index (χ2n) is 4.53. The van der Waals surface area contributed by atoms with E-state index in [1.165, 1.54) is 11.3 Å². The molecule has 0 saturated carbocycles. The monoisotopic (exact) mass is 226 g/mol. The maximum atomic E-state index is 6.01. The van der Waals surface area contributed by atoms with Crippen LogP contribution in [0.1, 0.15) is 5.56 Å². The number of nitrogens with two attached hydrogens (primary N) is 1. The molecule has 0 aliphatic heterocycles. The molecule has 0 amide bonds. The summed E-state index contributed by atoms with van der Waals surface area (Å²) in [6, 6.07) is 14.6. The minimum absolute atomic E-state index is 0.827. The van der Waals surface area contributed by atoms with E-state index < -0.39 is 0 Å². The van der Waals surface area contributed by atoms with E-state index in [0.717, 1.165) is 16.8 Å². The van der Waals surface area contributed by atoms with E-state index in [-0.39, 0.29) is 0 Å². The fraction of sp³-hybridized carbons (Fsp3) is 0.200.